The number of hydrogen-bond acceptors (Lipinski definition) is 4. The summed E-state index contributed by atoms with van der Waals surface area (Å²) in [6.07, 6.45) is 0.0877. The van der Waals surface area contributed by atoms with Gasteiger partial charge >= 0.3 is 5.97 Å². The molecule has 1 fully saturated rings. The van der Waals surface area contributed by atoms with Crippen LogP contribution in [0.25, 0.3) is 0 Å². The summed E-state index contributed by atoms with van der Waals surface area (Å²) in [5, 5.41) is 2.76. The highest BCUT2D eigenvalue weighted by Crippen LogP contribution is 2.27. The first-order valence-corrected chi connectivity index (χ1v) is 9.66. The third-order valence-corrected chi connectivity index (χ3v) is 5.20. The van der Waals surface area contributed by atoms with E-state index in [1.165, 1.54) is 0 Å². The van der Waals surface area contributed by atoms with Gasteiger partial charge in [0.25, 0.3) is 5.91 Å². The molecule has 0 aromatic heterocycles. The maximum absolute atomic E-state index is 12.4. The van der Waals surface area contributed by atoms with E-state index in [1.807, 2.05) is 58.0 Å². The Hall–Kier alpha value is -3.15. The highest BCUT2D eigenvalue weighted by Gasteiger charge is 2.36. The van der Waals surface area contributed by atoms with Crippen molar-refractivity contribution in [1.82, 2.24) is 0 Å². The normalized spacial score (nSPS) is 16.1. The first-order chi connectivity index (χ1) is 13.7. The molecular formula is C23H26N2O4. The molecule has 29 heavy (non-hydrogen) atoms. The predicted octanol–water partition coefficient (Wildman–Crippen LogP) is 3.46. The average molecular weight is 394 g/mol. The van der Waals surface area contributed by atoms with Gasteiger partial charge in [-0.15, -0.1) is 0 Å². The van der Waals surface area contributed by atoms with Crippen molar-refractivity contribution in [2.45, 2.75) is 34.1 Å². The lowest BCUT2D eigenvalue weighted by atomic mass is 10.1. The van der Waals surface area contributed by atoms with E-state index < -0.39 is 17.8 Å². The van der Waals surface area contributed by atoms with Gasteiger partial charge in [-0.2, -0.15) is 0 Å². The number of nitrogens with zero attached hydrogens (tertiary/aromatic N) is 1. The van der Waals surface area contributed by atoms with Crippen LogP contribution in [-0.4, -0.2) is 30.9 Å². The molecule has 0 unspecified atom stereocenters. The number of esters is 1. The van der Waals surface area contributed by atoms with Crippen molar-refractivity contribution in [3.05, 3.63) is 58.7 Å². The van der Waals surface area contributed by atoms with Gasteiger partial charge in [-0.05, 0) is 68.1 Å². The van der Waals surface area contributed by atoms with Gasteiger partial charge in [-0.25, -0.2) is 0 Å². The Morgan fingerprint density at radius 3 is 2.48 bits per heavy atom. The van der Waals surface area contributed by atoms with Crippen LogP contribution in [0.3, 0.4) is 0 Å². The Bertz CT molecular complexity index is 947. The van der Waals surface area contributed by atoms with Crippen molar-refractivity contribution in [1.29, 1.82) is 0 Å². The van der Waals surface area contributed by atoms with E-state index in [0.717, 1.165) is 27.9 Å². The van der Waals surface area contributed by atoms with E-state index in [9.17, 15) is 14.4 Å². The molecule has 6 heteroatoms. The van der Waals surface area contributed by atoms with Crippen molar-refractivity contribution in [3.8, 4) is 0 Å². The fourth-order valence-electron chi connectivity index (χ4n) is 3.55. The van der Waals surface area contributed by atoms with Crippen LogP contribution in [0, 0.1) is 33.6 Å². The number of hydrogen-bond donors (Lipinski definition) is 1. The van der Waals surface area contributed by atoms with E-state index in [1.54, 1.807) is 11.0 Å². The number of nitrogens with one attached hydrogen (secondary N) is 1. The summed E-state index contributed by atoms with van der Waals surface area (Å²) in [5.41, 5.74) is 5.64. The van der Waals surface area contributed by atoms with Crippen molar-refractivity contribution >= 4 is 29.2 Å². The van der Waals surface area contributed by atoms with Gasteiger partial charge in [0.1, 0.15) is 0 Å². The van der Waals surface area contributed by atoms with Crippen LogP contribution < -0.4 is 10.2 Å². The molecule has 1 N–H and O–H groups in total. The van der Waals surface area contributed by atoms with E-state index >= 15 is 0 Å². The Morgan fingerprint density at radius 1 is 1.10 bits per heavy atom. The number of amides is 2. The van der Waals surface area contributed by atoms with E-state index in [4.69, 9.17) is 4.74 Å². The van der Waals surface area contributed by atoms with Crippen LogP contribution >= 0.6 is 0 Å². The van der Waals surface area contributed by atoms with E-state index in [-0.39, 0.29) is 25.5 Å². The number of carbonyl (C=O) groups is 3. The molecule has 0 spiro atoms. The highest BCUT2D eigenvalue weighted by atomic mass is 16.5. The topological polar surface area (TPSA) is 75.7 Å². The quantitative estimate of drug-likeness (QED) is 0.788. The molecule has 1 heterocycles. The van der Waals surface area contributed by atoms with Gasteiger partial charge in [-0.1, -0.05) is 18.2 Å². The second-order valence-corrected chi connectivity index (χ2v) is 7.65. The molecular weight excluding hydrogens is 368 g/mol. The fourth-order valence-corrected chi connectivity index (χ4v) is 3.55. The summed E-state index contributed by atoms with van der Waals surface area (Å²) >= 11 is 0. The first-order valence-electron chi connectivity index (χ1n) is 9.66. The van der Waals surface area contributed by atoms with Crippen molar-refractivity contribution in [2.24, 2.45) is 5.92 Å². The molecule has 0 radical (unpaired) electrons. The standard InChI is InChI=1S/C23H26N2O4/c1-14-8-15(2)10-19(9-14)25-12-18(11-22(25)27)23(28)29-13-21(26)24-20-7-5-6-16(3)17(20)4/h5-10,18H,11-13H2,1-4H3,(H,24,26)/t18-/m0/s1. The molecule has 1 aliphatic rings. The second-order valence-electron chi connectivity index (χ2n) is 7.65. The minimum absolute atomic E-state index is 0.0877. The number of aryl methyl sites for hydroxylation is 3. The monoisotopic (exact) mass is 394 g/mol. The van der Waals surface area contributed by atoms with Crippen molar-refractivity contribution < 1.29 is 19.1 Å². The molecule has 1 aliphatic heterocycles. The van der Waals surface area contributed by atoms with Gasteiger partial charge in [0, 0.05) is 24.3 Å². The molecule has 1 atom stereocenters. The molecule has 2 aromatic carbocycles. The number of ether oxygens (including phenoxy) is 1. The predicted molar refractivity (Wildman–Crippen MR) is 112 cm³/mol. The van der Waals surface area contributed by atoms with E-state index in [0.29, 0.717) is 5.69 Å². The smallest absolute Gasteiger partial charge is 0.311 e. The molecule has 1 saturated heterocycles. The maximum atomic E-state index is 12.4. The molecule has 2 aromatic rings. The Morgan fingerprint density at radius 2 is 1.79 bits per heavy atom. The lowest BCUT2D eigenvalue weighted by molar-refractivity contribution is -0.151. The van der Waals surface area contributed by atoms with Crippen molar-refractivity contribution in [2.75, 3.05) is 23.4 Å². The van der Waals surface area contributed by atoms with E-state index in [2.05, 4.69) is 5.32 Å². The molecule has 0 aliphatic carbocycles. The number of benzene rings is 2. The zero-order valence-electron chi connectivity index (χ0n) is 17.2. The Kier molecular flexibility index (Phi) is 6.01. The molecule has 0 bridgehead atoms. The number of anilines is 2. The molecule has 152 valence electrons. The third kappa shape index (κ3) is 4.83. The molecule has 6 nitrogen and oxygen atoms in total. The molecule has 2 amide bonds. The molecule has 3 rings (SSSR count). The zero-order chi connectivity index (χ0) is 21.1. The van der Waals surface area contributed by atoms with Gasteiger partial charge in [0.15, 0.2) is 6.61 Å². The van der Waals surface area contributed by atoms with Crippen LogP contribution in [0.15, 0.2) is 36.4 Å². The Balaban J connectivity index is 1.56. The van der Waals surface area contributed by atoms with Gasteiger partial charge < -0.3 is 15.0 Å². The van der Waals surface area contributed by atoms with Gasteiger partial charge in [0.2, 0.25) is 5.91 Å². The second kappa shape index (κ2) is 8.47. The highest BCUT2D eigenvalue weighted by molar-refractivity contribution is 6.00. The largest absolute Gasteiger partial charge is 0.455 e. The zero-order valence-corrected chi connectivity index (χ0v) is 17.2. The lowest BCUT2D eigenvalue weighted by Gasteiger charge is -2.18. The maximum Gasteiger partial charge on any atom is 0.311 e. The van der Waals surface area contributed by atoms with Crippen LogP contribution in [0.5, 0.6) is 0 Å². The van der Waals surface area contributed by atoms with Gasteiger partial charge in [0.05, 0.1) is 5.92 Å². The first kappa shape index (κ1) is 20.6. The fraction of sp³-hybridized carbons (Fsp3) is 0.348. The SMILES string of the molecule is Cc1cc(C)cc(N2C[C@@H](C(=O)OCC(=O)Nc3cccc(C)c3C)CC2=O)c1. The summed E-state index contributed by atoms with van der Waals surface area (Å²) in [6.45, 7) is 7.71. The summed E-state index contributed by atoms with van der Waals surface area (Å²) in [5.74, 6) is -1.61. The number of rotatable bonds is 5. The summed E-state index contributed by atoms with van der Waals surface area (Å²) in [7, 11) is 0. The van der Waals surface area contributed by atoms with Gasteiger partial charge in [-0.3, -0.25) is 14.4 Å². The third-order valence-electron chi connectivity index (χ3n) is 5.20. The van der Waals surface area contributed by atoms with Crippen molar-refractivity contribution in [3.63, 3.8) is 0 Å². The van der Waals surface area contributed by atoms with Crippen LogP contribution in [-0.2, 0) is 19.1 Å². The summed E-state index contributed by atoms with van der Waals surface area (Å²) < 4.78 is 5.18. The minimum atomic E-state index is -0.572. The summed E-state index contributed by atoms with van der Waals surface area (Å²) in [4.78, 5) is 38.6. The van der Waals surface area contributed by atoms with Crippen LogP contribution in [0.4, 0.5) is 11.4 Å². The summed E-state index contributed by atoms with van der Waals surface area (Å²) in [6, 6.07) is 11.5. The van der Waals surface area contributed by atoms with Crippen LogP contribution in [0.2, 0.25) is 0 Å². The van der Waals surface area contributed by atoms with Crippen LogP contribution in [0.1, 0.15) is 28.7 Å². The molecule has 0 saturated carbocycles. The lowest BCUT2D eigenvalue weighted by Crippen LogP contribution is -2.28. The Labute approximate surface area is 170 Å². The average Bonchev–Trinajstić information content (AvgIpc) is 3.04. The number of carbonyl (C=O) groups excluding carboxylic acids is 3. The minimum Gasteiger partial charge on any atom is -0.455 e.